The van der Waals surface area contributed by atoms with E-state index in [2.05, 4.69) is 83.8 Å². The maximum Gasteiger partial charge on any atom is 0.348 e. The first-order valence-electron chi connectivity index (χ1n) is 13.6. The van der Waals surface area contributed by atoms with Crippen LogP contribution in [0.3, 0.4) is 0 Å². The fourth-order valence-electron chi connectivity index (χ4n) is 4.80. The van der Waals surface area contributed by atoms with Gasteiger partial charge in [0.1, 0.15) is 16.4 Å². The van der Waals surface area contributed by atoms with Gasteiger partial charge < -0.3 is 19.1 Å². The molecule has 6 aromatic rings. The van der Waals surface area contributed by atoms with E-state index >= 15 is 0 Å². The predicted molar refractivity (Wildman–Crippen MR) is 176 cm³/mol. The second kappa shape index (κ2) is 12.1. The molecule has 4 aromatic carbocycles. The van der Waals surface area contributed by atoms with Crippen LogP contribution in [0, 0.1) is 0 Å². The Kier molecular flexibility index (Phi) is 7.95. The minimum absolute atomic E-state index is 0.257. The summed E-state index contributed by atoms with van der Waals surface area (Å²) in [5, 5.41) is 2.25. The summed E-state index contributed by atoms with van der Waals surface area (Å²) < 4.78 is 18.2. The molecule has 0 aliphatic rings. The van der Waals surface area contributed by atoms with Crippen molar-refractivity contribution in [2.75, 3.05) is 25.7 Å². The van der Waals surface area contributed by atoms with Crippen LogP contribution < -0.4 is 14.4 Å². The Balaban J connectivity index is 1.24. The van der Waals surface area contributed by atoms with E-state index in [0.29, 0.717) is 11.5 Å². The SMILES string of the molecule is CCOC(=O)c1cc2cc3sc(C=Cc4ccc(N(c5ccc(OC)cc5)c5ccc(OC)cc5)cc4)cc3cc2s1. The lowest BCUT2D eigenvalue weighted by Gasteiger charge is -2.26. The molecule has 0 aliphatic heterocycles. The van der Waals surface area contributed by atoms with Gasteiger partial charge in [0.05, 0.1) is 20.8 Å². The zero-order valence-electron chi connectivity index (χ0n) is 23.5. The van der Waals surface area contributed by atoms with Crippen LogP contribution >= 0.6 is 22.7 Å². The van der Waals surface area contributed by atoms with Crippen molar-refractivity contribution >= 4 is 78.0 Å². The molecule has 0 bridgehead atoms. The second-order valence-electron chi connectivity index (χ2n) is 9.56. The number of hydrogen-bond donors (Lipinski definition) is 0. The molecule has 0 saturated carbocycles. The summed E-state index contributed by atoms with van der Waals surface area (Å²) in [5.74, 6) is 1.38. The normalized spacial score (nSPS) is 11.3. The van der Waals surface area contributed by atoms with Crippen LogP contribution in [-0.4, -0.2) is 26.8 Å². The Morgan fingerprint density at radius 2 is 1.21 bits per heavy atom. The summed E-state index contributed by atoms with van der Waals surface area (Å²) in [6, 6.07) is 33.1. The molecule has 0 aliphatic carbocycles. The van der Waals surface area contributed by atoms with Crippen molar-refractivity contribution in [3.05, 3.63) is 112 Å². The standard InChI is InChI=1S/C35H29NO4S2/c1-4-40-35(37)34-22-25-21-32-24(20-33(25)42-34)19-31(41-32)18-7-23-5-8-26(9-6-23)36(27-10-14-29(38-2)15-11-27)28-12-16-30(39-3)17-13-28/h5-22H,4H2,1-3H3. The van der Waals surface area contributed by atoms with Crippen molar-refractivity contribution in [1.82, 2.24) is 0 Å². The molecule has 0 amide bonds. The van der Waals surface area contributed by atoms with Gasteiger partial charge in [0.2, 0.25) is 0 Å². The molecule has 0 unspecified atom stereocenters. The van der Waals surface area contributed by atoms with E-state index < -0.39 is 0 Å². The fraction of sp³-hybridized carbons (Fsp3) is 0.114. The number of fused-ring (bicyclic) bond motifs is 2. The van der Waals surface area contributed by atoms with E-state index in [9.17, 15) is 4.79 Å². The molecule has 5 nitrogen and oxygen atoms in total. The van der Waals surface area contributed by atoms with Gasteiger partial charge in [-0.15, -0.1) is 22.7 Å². The van der Waals surface area contributed by atoms with Crippen LogP contribution in [0.15, 0.2) is 97.1 Å². The quantitative estimate of drug-likeness (QED) is 0.157. The molecule has 0 saturated heterocycles. The number of rotatable bonds is 9. The second-order valence-corrected chi connectivity index (χ2v) is 11.8. The third kappa shape index (κ3) is 5.75. The number of anilines is 3. The number of benzene rings is 4. The van der Waals surface area contributed by atoms with Gasteiger partial charge in [-0.2, -0.15) is 0 Å². The van der Waals surface area contributed by atoms with E-state index in [-0.39, 0.29) is 5.97 Å². The lowest BCUT2D eigenvalue weighted by atomic mass is 10.1. The minimum atomic E-state index is -0.257. The number of methoxy groups -OCH3 is 2. The number of hydrogen-bond acceptors (Lipinski definition) is 7. The molecule has 210 valence electrons. The first-order chi connectivity index (χ1) is 20.5. The van der Waals surface area contributed by atoms with E-state index in [0.717, 1.165) is 44.2 Å². The highest BCUT2D eigenvalue weighted by atomic mass is 32.1. The summed E-state index contributed by atoms with van der Waals surface area (Å²) >= 11 is 3.22. The van der Waals surface area contributed by atoms with Gasteiger partial charge in [0, 0.05) is 31.3 Å². The van der Waals surface area contributed by atoms with Crippen LogP contribution in [0.1, 0.15) is 27.0 Å². The van der Waals surface area contributed by atoms with E-state index in [1.807, 2.05) is 37.3 Å². The van der Waals surface area contributed by atoms with Crippen LogP contribution in [0.2, 0.25) is 0 Å². The molecule has 6 rings (SSSR count). The van der Waals surface area contributed by atoms with Crippen LogP contribution in [-0.2, 0) is 4.74 Å². The molecular formula is C35H29NO4S2. The number of nitrogens with zero attached hydrogens (tertiary/aromatic N) is 1. The van der Waals surface area contributed by atoms with E-state index in [1.165, 1.54) is 26.3 Å². The van der Waals surface area contributed by atoms with Crippen molar-refractivity contribution in [2.24, 2.45) is 0 Å². The zero-order valence-corrected chi connectivity index (χ0v) is 25.1. The topological polar surface area (TPSA) is 48.0 Å². The molecule has 0 radical (unpaired) electrons. The first kappa shape index (κ1) is 27.6. The van der Waals surface area contributed by atoms with Crippen molar-refractivity contribution in [2.45, 2.75) is 6.92 Å². The maximum absolute atomic E-state index is 12.1. The molecule has 0 spiro atoms. The van der Waals surface area contributed by atoms with Gasteiger partial charge in [-0.1, -0.05) is 18.2 Å². The Labute approximate surface area is 252 Å². The Morgan fingerprint density at radius 3 is 1.76 bits per heavy atom. The van der Waals surface area contributed by atoms with Gasteiger partial charge in [-0.25, -0.2) is 4.79 Å². The number of carbonyl (C=O) groups is 1. The van der Waals surface area contributed by atoms with Crippen molar-refractivity contribution < 1.29 is 19.0 Å². The van der Waals surface area contributed by atoms with E-state index in [4.69, 9.17) is 14.2 Å². The minimum Gasteiger partial charge on any atom is -0.497 e. The number of carbonyl (C=O) groups excluding carboxylic acids is 1. The van der Waals surface area contributed by atoms with Gasteiger partial charge in [0.25, 0.3) is 0 Å². The highest BCUT2D eigenvalue weighted by Crippen LogP contribution is 2.37. The van der Waals surface area contributed by atoms with E-state index in [1.54, 1.807) is 25.6 Å². The predicted octanol–water partition coefficient (Wildman–Crippen LogP) is 9.95. The maximum atomic E-state index is 12.1. The molecule has 2 aromatic heterocycles. The molecule has 0 fully saturated rings. The summed E-state index contributed by atoms with van der Waals surface area (Å²) in [6.45, 7) is 2.20. The monoisotopic (exact) mass is 591 g/mol. The van der Waals surface area contributed by atoms with Crippen LogP contribution in [0.4, 0.5) is 17.1 Å². The van der Waals surface area contributed by atoms with Gasteiger partial charge >= 0.3 is 5.97 Å². The molecule has 2 heterocycles. The Bertz CT molecular complexity index is 1770. The third-order valence-corrected chi connectivity index (χ3v) is 9.04. The highest BCUT2D eigenvalue weighted by Gasteiger charge is 2.14. The van der Waals surface area contributed by atoms with Crippen molar-refractivity contribution in [1.29, 1.82) is 0 Å². The van der Waals surface area contributed by atoms with Crippen LogP contribution in [0.25, 0.3) is 32.3 Å². The average Bonchev–Trinajstić information content (AvgIpc) is 3.63. The number of ether oxygens (including phenoxy) is 3. The van der Waals surface area contributed by atoms with Crippen LogP contribution in [0.5, 0.6) is 11.5 Å². The van der Waals surface area contributed by atoms with Gasteiger partial charge in [-0.3, -0.25) is 0 Å². The van der Waals surface area contributed by atoms with Crippen molar-refractivity contribution in [3.63, 3.8) is 0 Å². The Hall–Kier alpha value is -4.59. The lowest BCUT2D eigenvalue weighted by Crippen LogP contribution is -2.09. The van der Waals surface area contributed by atoms with Gasteiger partial charge in [0.15, 0.2) is 0 Å². The summed E-state index contributed by atoms with van der Waals surface area (Å²) in [4.78, 5) is 16.2. The summed E-state index contributed by atoms with van der Waals surface area (Å²) in [6.07, 6.45) is 4.29. The molecule has 0 atom stereocenters. The largest absolute Gasteiger partial charge is 0.497 e. The fourth-order valence-corrected chi connectivity index (χ4v) is 6.78. The summed E-state index contributed by atoms with van der Waals surface area (Å²) in [7, 11) is 3.35. The van der Waals surface area contributed by atoms with Gasteiger partial charge in [-0.05, 0) is 114 Å². The molecule has 42 heavy (non-hydrogen) atoms. The molecule has 0 N–H and O–H groups in total. The van der Waals surface area contributed by atoms with Crippen molar-refractivity contribution in [3.8, 4) is 11.5 Å². The Morgan fingerprint density at radius 1 is 0.690 bits per heavy atom. The number of thiophene rings is 2. The molecular weight excluding hydrogens is 563 g/mol. The zero-order chi connectivity index (χ0) is 29.1. The smallest absolute Gasteiger partial charge is 0.348 e. The third-order valence-electron chi connectivity index (χ3n) is 6.90. The average molecular weight is 592 g/mol. The first-order valence-corrected chi connectivity index (χ1v) is 15.2. The molecule has 7 heteroatoms. The highest BCUT2D eigenvalue weighted by molar-refractivity contribution is 7.22. The number of esters is 1. The lowest BCUT2D eigenvalue weighted by molar-refractivity contribution is 0.0532. The summed E-state index contributed by atoms with van der Waals surface area (Å²) in [5.41, 5.74) is 4.22.